The van der Waals surface area contributed by atoms with E-state index in [1.54, 1.807) is 0 Å². The van der Waals surface area contributed by atoms with Crippen molar-refractivity contribution >= 4 is 51.7 Å². The van der Waals surface area contributed by atoms with Crippen LogP contribution in [0.1, 0.15) is 15.2 Å². The van der Waals surface area contributed by atoms with Gasteiger partial charge < -0.3 is 0 Å². The maximum absolute atomic E-state index is 11.8. The largest absolute Gasteiger partial charge is 0.324 e. The Morgan fingerprint density at radius 2 is 2.05 bits per heavy atom. The quantitative estimate of drug-likeness (QED) is 0.398. The lowest BCUT2D eigenvalue weighted by atomic mass is 10.2. The van der Waals surface area contributed by atoms with Gasteiger partial charge in [-0.15, -0.1) is 0 Å². The number of thiophene rings is 1. The van der Waals surface area contributed by atoms with Crippen molar-refractivity contribution in [1.29, 1.82) is 0 Å². The summed E-state index contributed by atoms with van der Waals surface area (Å²) >= 11 is 12.3. The molecule has 108 valence electrons. The lowest BCUT2D eigenvalue weighted by Gasteiger charge is -2.00. The second-order valence-electron chi connectivity index (χ2n) is 3.63. The molecule has 7 nitrogen and oxygen atoms in total. The molecular weight excluding hydrogens is 339 g/mol. The normalized spacial score (nSPS) is 10.8. The van der Waals surface area contributed by atoms with Crippen LogP contribution in [0.2, 0.25) is 10.3 Å². The lowest BCUT2D eigenvalue weighted by Crippen LogP contribution is -2.17. The first-order valence-electron chi connectivity index (χ1n) is 5.36. The van der Waals surface area contributed by atoms with Crippen molar-refractivity contribution < 1.29 is 9.72 Å². The molecule has 1 amide bonds. The first-order chi connectivity index (χ1) is 9.95. The molecule has 0 aliphatic carbocycles. The van der Waals surface area contributed by atoms with E-state index in [0.29, 0.717) is 4.88 Å². The Bertz CT molecular complexity index is 712. The Morgan fingerprint density at radius 3 is 2.62 bits per heavy atom. The molecule has 10 heteroatoms. The van der Waals surface area contributed by atoms with Gasteiger partial charge >= 0.3 is 5.00 Å². The highest BCUT2D eigenvalue weighted by Gasteiger charge is 2.09. The van der Waals surface area contributed by atoms with Gasteiger partial charge in [-0.25, -0.2) is 10.4 Å². The summed E-state index contributed by atoms with van der Waals surface area (Å²) in [4.78, 5) is 26.0. The fourth-order valence-electron chi connectivity index (χ4n) is 1.32. The van der Waals surface area contributed by atoms with E-state index >= 15 is 0 Å². The van der Waals surface area contributed by atoms with Crippen LogP contribution >= 0.6 is 34.5 Å². The molecule has 0 radical (unpaired) electrons. The average molecular weight is 345 g/mol. The van der Waals surface area contributed by atoms with E-state index in [2.05, 4.69) is 15.5 Å². The van der Waals surface area contributed by atoms with E-state index in [9.17, 15) is 14.9 Å². The molecule has 21 heavy (non-hydrogen) atoms. The van der Waals surface area contributed by atoms with Gasteiger partial charge in [-0.2, -0.15) is 5.10 Å². The number of carbonyl (C=O) groups is 1. The van der Waals surface area contributed by atoms with E-state index in [0.717, 1.165) is 11.3 Å². The summed E-state index contributed by atoms with van der Waals surface area (Å²) in [7, 11) is 0. The molecule has 0 spiro atoms. The molecule has 2 rings (SSSR count). The molecule has 0 saturated heterocycles. The van der Waals surface area contributed by atoms with Crippen LogP contribution in [0.3, 0.4) is 0 Å². The minimum Gasteiger partial charge on any atom is -0.267 e. The SMILES string of the molecule is O=C(NN=Cc1ccc([N+](=O)[O-])s1)c1cc(Cl)nc(Cl)c1. The number of hydrogen-bond donors (Lipinski definition) is 1. The summed E-state index contributed by atoms with van der Waals surface area (Å²) in [6.07, 6.45) is 1.31. The van der Waals surface area contributed by atoms with Crippen molar-refractivity contribution in [3.8, 4) is 0 Å². The fourth-order valence-corrected chi connectivity index (χ4v) is 2.48. The van der Waals surface area contributed by atoms with Crippen LogP contribution in [0.15, 0.2) is 29.4 Å². The Balaban J connectivity index is 2.02. The van der Waals surface area contributed by atoms with Gasteiger partial charge in [0.25, 0.3) is 5.91 Å². The van der Waals surface area contributed by atoms with Crippen molar-refractivity contribution in [2.45, 2.75) is 0 Å². The molecule has 0 bridgehead atoms. The predicted molar refractivity (Wildman–Crippen MR) is 80.3 cm³/mol. The Morgan fingerprint density at radius 1 is 1.38 bits per heavy atom. The maximum Gasteiger partial charge on any atom is 0.324 e. The highest BCUT2D eigenvalue weighted by molar-refractivity contribution is 7.16. The highest BCUT2D eigenvalue weighted by atomic mass is 35.5. The van der Waals surface area contributed by atoms with Gasteiger partial charge in [0.15, 0.2) is 0 Å². The zero-order valence-corrected chi connectivity index (χ0v) is 12.4. The molecule has 0 atom stereocenters. The summed E-state index contributed by atoms with van der Waals surface area (Å²) in [5.41, 5.74) is 2.47. The van der Waals surface area contributed by atoms with Gasteiger partial charge in [-0.05, 0) is 18.2 Å². The fraction of sp³-hybridized carbons (Fsp3) is 0. The van der Waals surface area contributed by atoms with Crippen LogP contribution < -0.4 is 5.43 Å². The first-order valence-corrected chi connectivity index (χ1v) is 6.93. The number of hydrazone groups is 1. The standard InChI is InChI=1S/C11H6Cl2N4O3S/c12-8-3-6(4-9(13)15-8)11(18)16-14-5-7-1-2-10(21-7)17(19)20/h1-5H,(H,16,18). The predicted octanol–water partition coefficient (Wildman–Crippen LogP) is 3.12. The number of rotatable bonds is 4. The molecule has 0 unspecified atom stereocenters. The number of nitrogens with zero attached hydrogens (tertiary/aromatic N) is 3. The number of hydrogen-bond acceptors (Lipinski definition) is 6. The number of pyridine rings is 1. The van der Waals surface area contributed by atoms with Gasteiger partial charge in [0.05, 0.1) is 16.0 Å². The van der Waals surface area contributed by atoms with Gasteiger partial charge in [-0.3, -0.25) is 14.9 Å². The Labute approximate surface area is 132 Å². The van der Waals surface area contributed by atoms with E-state index in [1.165, 1.54) is 30.5 Å². The molecule has 0 aliphatic heterocycles. The highest BCUT2D eigenvalue weighted by Crippen LogP contribution is 2.22. The monoisotopic (exact) mass is 344 g/mol. The van der Waals surface area contributed by atoms with Crippen LogP contribution in [0.25, 0.3) is 0 Å². The number of aromatic nitrogens is 1. The number of nitro groups is 1. The minimum absolute atomic E-state index is 0.00419. The first kappa shape index (κ1) is 15.4. The lowest BCUT2D eigenvalue weighted by molar-refractivity contribution is -0.380. The molecule has 2 heterocycles. The van der Waals surface area contributed by atoms with Crippen LogP contribution in [0.5, 0.6) is 0 Å². The smallest absolute Gasteiger partial charge is 0.267 e. The third kappa shape index (κ3) is 4.22. The summed E-state index contributed by atoms with van der Waals surface area (Å²) in [5, 5.41) is 14.4. The molecule has 0 aromatic carbocycles. The summed E-state index contributed by atoms with van der Waals surface area (Å²) in [6, 6.07) is 5.57. The van der Waals surface area contributed by atoms with E-state index in [-0.39, 0.29) is 20.9 Å². The molecule has 2 aromatic rings. The maximum atomic E-state index is 11.8. The van der Waals surface area contributed by atoms with Crippen molar-refractivity contribution in [3.05, 3.63) is 55.1 Å². The molecule has 0 saturated carbocycles. The van der Waals surface area contributed by atoms with Crippen molar-refractivity contribution in [3.63, 3.8) is 0 Å². The summed E-state index contributed by atoms with van der Waals surface area (Å²) in [5.74, 6) is -0.525. The van der Waals surface area contributed by atoms with E-state index < -0.39 is 10.8 Å². The van der Waals surface area contributed by atoms with Crippen molar-refractivity contribution in [2.75, 3.05) is 0 Å². The Hall–Kier alpha value is -2.03. The van der Waals surface area contributed by atoms with Gasteiger partial charge in [0.1, 0.15) is 10.3 Å². The van der Waals surface area contributed by atoms with Crippen molar-refractivity contribution in [1.82, 2.24) is 10.4 Å². The number of nitrogens with one attached hydrogen (secondary N) is 1. The average Bonchev–Trinajstić information content (AvgIpc) is 2.86. The molecule has 0 aliphatic rings. The number of halogens is 2. The van der Waals surface area contributed by atoms with Crippen LogP contribution in [-0.4, -0.2) is 22.0 Å². The van der Waals surface area contributed by atoms with Crippen LogP contribution in [0.4, 0.5) is 5.00 Å². The second-order valence-corrected chi connectivity index (χ2v) is 5.50. The third-order valence-electron chi connectivity index (χ3n) is 2.18. The van der Waals surface area contributed by atoms with Gasteiger partial charge in [0.2, 0.25) is 0 Å². The number of amides is 1. The molecular formula is C11H6Cl2N4O3S. The zero-order valence-electron chi connectivity index (χ0n) is 10.1. The molecule has 2 aromatic heterocycles. The molecule has 0 fully saturated rings. The summed E-state index contributed by atoms with van der Waals surface area (Å²) in [6.45, 7) is 0. The third-order valence-corrected chi connectivity index (χ3v) is 3.53. The van der Waals surface area contributed by atoms with E-state index in [4.69, 9.17) is 23.2 Å². The van der Waals surface area contributed by atoms with Crippen LogP contribution in [-0.2, 0) is 0 Å². The number of carbonyl (C=O) groups excluding carboxylic acids is 1. The van der Waals surface area contributed by atoms with Gasteiger partial charge in [0, 0.05) is 11.6 Å². The van der Waals surface area contributed by atoms with Crippen molar-refractivity contribution in [2.24, 2.45) is 5.10 Å². The zero-order chi connectivity index (χ0) is 15.4. The van der Waals surface area contributed by atoms with E-state index in [1.807, 2.05) is 0 Å². The molecule has 1 N–H and O–H groups in total. The van der Waals surface area contributed by atoms with Crippen LogP contribution in [0, 0.1) is 10.1 Å². The summed E-state index contributed by atoms with van der Waals surface area (Å²) < 4.78 is 0. The van der Waals surface area contributed by atoms with Gasteiger partial charge in [-0.1, -0.05) is 34.5 Å². The topological polar surface area (TPSA) is 97.5 Å². The second kappa shape index (κ2) is 6.61. The minimum atomic E-state index is -0.525. The Kier molecular flexibility index (Phi) is 4.84.